The fourth-order valence-corrected chi connectivity index (χ4v) is 3.70. The van der Waals surface area contributed by atoms with E-state index in [9.17, 15) is 14.7 Å². The van der Waals surface area contributed by atoms with Crippen molar-refractivity contribution in [1.29, 1.82) is 0 Å². The van der Waals surface area contributed by atoms with Crippen molar-refractivity contribution in [2.24, 2.45) is 0 Å². The molecule has 3 aromatic rings. The molecule has 0 radical (unpaired) electrons. The van der Waals surface area contributed by atoms with Gasteiger partial charge in [0.25, 0.3) is 5.91 Å². The van der Waals surface area contributed by atoms with E-state index in [4.69, 9.17) is 4.42 Å². The predicted octanol–water partition coefficient (Wildman–Crippen LogP) is 4.17. The molecule has 1 aromatic heterocycles. The number of amides is 1. The van der Waals surface area contributed by atoms with Crippen LogP contribution in [0.15, 0.2) is 71.3 Å². The van der Waals surface area contributed by atoms with Crippen LogP contribution in [0.4, 0.5) is 0 Å². The van der Waals surface area contributed by atoms with Crippen molar-refractivity contribution in [1.82, 2.24) is 10.6 Å². The van der Waals surface area contributed by atoms with Gasteiger partial charge in [0, 0.05) is 12.1 Å². The number of rotatable bonds is 11. The summed E-state index contributed by atoms with van der Waals surface area (Å²) in [6, 6.07) is 18.1. The Labute approximate surface area is 186 Å². The van der Waals surface area contributed by atoms with Crippen LogP contribution < -0.4 is 10.6 Å². The first kappa shape index (κ1) is 22.7. The van der Waals surface area contributed by atoms with Crippen LogP contribution in [-0.2, 0) is 17.9 Å². The molecule has 31 heavy (non-hydrogen) atoms. The number of furan rings is 1. The van der Waals surface area contributed by atoms with Crippen molar-refractivity contribution in [3.63, 3.8) is 0 Å². The Kier molecular flexibility index (Phi) is 8.32. The summed E-state index contributed by atoms with van der Waals surface area (Å²) in [5.41, 5.74) is 3.14. The SMILES string of the molecule is CSCCC(NC(=O)c1ccc(CNCc2ccco2)cc1-c1ccccc1)C(=O)O. The molecule has 1 atom stereocenters. The van der Waals surface area contributed by atoms with E-state index in [0.717, 1.165) is 22.5 Å². The topological polar surface area (TPSA) is 91.6 Å². The number of hydrogen-bond donors (Lipinski definition) is 3. The zero-order valence-corrected chi connectivity index (χ0v) is 18.2. The van der Waals surface area contributed by atoms with E-state index < -0.39 is 12.0 Å². The summed E-state index contributed by atoms with van der Waals surface area (Å²) < 4.78 is 5.33. The van der Waals surface area contributed by atoms with Gasteiger partial charge >= 0.3 is 5.97 Å². The minimum Gasteiger partial charge on any atom is -0.480 e. The van der Waals surface area contributed by atoms with Crippen LogP contribution in [0.2, 0.25) is 0 Å². The number of nitrogens with one attached hydrogen (secondary N) is 2. The van der Waals surface area contributed by atoms with Crippen LogP contribution in [0.1, 0.15) is 28.1 Å². The van der Waals surface area contributed by atoms with E-state index in [2.05, 4.69) is 10.6 Å². The maximum absolute atomic E-state index is 13.0. The molecule has 1 amide bonds. The average molecular weight is 439 g/mol. The summed E-state index contributed by atoms with van der Waals surface area (Å²) in [5.74, 6) is 0.0948. The number of hydrogen-bond acceptors (Lipinski definition) is 5. The largest absolute Gasteiger partial charge is 0.480 e. The number of aliphatic carboxylic acids is 1. The summed E-state index contributed by atoms with van der Waals surface area (Å²) in [7, 11) is 0. The number of carboxylic acid groups (broad SMARTS) is 1. The average Bonchev–Trinajstić information content (AvgIpc) is 3.30. The molecule has 3 N–H and O–H groups in total. The first-order valence-electron chi connectivity index (χ1n) is 10.0. The number of carbonyl (C=O) groups excluding carboxylic acids is 1. The lowest BCUT2D eigenvalue weighted by Gasteiger charge is -2.17. The molecule has 0 aliphatic heterocycles. The summed E-state index contributed by atoms with van der Waals surface area (Å²) in [6.45, 7) is 1.21. The number of benzene rings is 2. The third kappa shape index (κ3) is 6.47. The molecule has 0 saturated heterocycles. The van der Waals surface area contributed by atoms with Crippen LogP contribution in [0.5, 0.6) is 0 Å². The summed E-state index contributed by atoms with van der Waals surface area (Å²) in [6.07, 6.45) is 3.92. The third-order valence-electron chi connectivity index (χ3n) is 4.84. The first-order valence-corrected chi connectivity index (χ1v) is 11.4. The van der Waals surface area contributed by atoms with Gasteiger partial charge in [0.1, 0.15) is 11.8 Å². The first-order chi connectivity index (χ1) is 15.1. The van der Waals surface area contributed by atoms with Gasteiger partial charge in [0.2, 0.25) is 0 Å². The monoisotopic (exact) mass is 438 g/mol. The Bertz CT molecular complexity index is 990. The van der Waals surface area contributed by atoms with E-state index in [0.29, 0.717) is 30.8 Å². The van der Waals surface area contributed by atoms with E-state index in [1.54, 1.807) is 24.1 Å². The second-order valence-corrected chi connectivity index (χ2v) is 8.06. The third-order valence-corrected chi connectivity index (χ3v) is 5.48. The fourth-order valence-electron chi connectivity index (χ4n) is 3.23. The van der Waals surface area contributed by atoms with E-state index in [-0.39, 0.29) is 5.91 Å². The van der Waals surface area contributed by atoms with Crippen LogP contribution in [-0.4, -0.2) is 35.0 Å². The van der Waals surface area contributed by atoms with Crippen molar-refractivity contribution in [2.75, 3.05) is 12.0 Å². The van der Waals surface area contributed by atoms with Crippen molar-refractivity contribution >= 4 is 23.6 Å². The van der Waals surface area contributed by atoms with E-state index >= 15 is 0 Å². The van der Waals surface area contributed by atoms with Crippen molar-refractivity contribution in [2.45, 2.75) is 25.6 Å². The lowest BCUT2D eigenvalue weighted by Crippen LogP contribution is -2.41. The summed E-state index contributed by atoms with van der Waals surface area (Å²) >= 11 is 1.55. The van der Waals surface area contributed by atoms with Crippen LogP contribution in [0.25, 0.3) is 11.1 Å². The maximum Gasteiger partial charge on any atom is 0.326 e. The predicted molar refractivity (Wildman–Crippen MR) is 123 cm³/mol. The second-order valence-electron chi connectivity index (χ2n) is 7.07. The van der Waals surface area contributed by atoms with Crippen LogP contribution in [0.3, 0.4) is 0 Å². The zero-order valence-electron chi connectivity index (χ0n) is 17.3. The molecule has 0 spiro atoms. The smallest absolute Gasteiger partial charge is 0.326 e. The molecule has 0 aliphatic carbocycles. The fraction of sp³-hybridized carbons (Fsp3) is 0.250. The molecule has 3 rings (SSSR count). The van der Waals surface area contributed by atoms with Crippen molar-refractivity contribution in [3.8, 4) is 11.1 Å². The summed E-state index contributed by atoms with van der Waals surface area (Å²) in [5, 5.41) is 15.5. The van der Waals surface area contributed by atoms with Crippen molar-refractivity contribution in [3.05, 3.63) is 83.8 Å². The Hall–Kier alpha value is -3.03. The lowest BCUT2D eigenvalue weighted by molar-refractivity contribution is -0.139. The van der Waals surface area contributed by atoms with E-state index in [1.165, 1.54) is 0 Å². The standard InChI is InChI=1S/C24H26N2O4S/c1-31-13-11-22(24(28)29)26-23(27)20-10-9-17(15-25-16-19-8-5-12-30-19)14-21(20)18-6-3-2-4-7-18/h2-10,12,14,22,25H,11,13,15-16H2,1H3,(H,26,27)(H,28,29). The maximum atomic E-state index is 13.0. The van der Waals surface area contributed by atoms with Gasteiger partial charge in [-0.05, 0) is 59.4 Å². The van der Waals surface area contributed by atoms with Gasteiger partial charge < -0.3 is 20.2 Å². The molecule has 0 aliphatic rings. The molecule has 1 unspecified atom stereocenters. The quantitative estimate of drug-likeness (QED) is 0.416. The Morgan fingerprint density at radius 3 is 2.55 bits per heavy atom. The van der Waals surface area contributed by atoms with Gasteiger partial charge in [-0.15, -0.1) is 0 Å². The summed E-state index contributed by atoms with van der Waals surface area (Å²) in [4.78, 5) is 24.5. The van der Waals surface area contributed by atoms with Gasteiger partial charge in [-0.25, -0.2) is 4.79 Å². The highest BCUT2D eigenvalue weighted by Gasteiger charge is 2.22. The molecular formula is C24H26N2O4S. The second kappa shape index (κ2) is 11.4. The highest BCUT2D eigenvalue weighted by atomic mass is 32.2. The Morgan fingerprint density at radius 1 is 1.06 bits per heavy atom. The number of thioether (sulfide) groups is 1. The Balaban J connectivity index is 1.81. The minimum atomic E-state index is -1.03. The molecular weight excluding hydrogens is 412 g/mol. The molecule has 162 valence electrons. The van der Waals surface area contributed by atoms with Crippen LogP contribution >= 0.6 is 11.8 Å². The lowest BCUT2D eigenvalue weighted by atomic mass is 9.96. The molecule has 0 saturated carbocycles. The van der Waals surface area contributed by atoms with Gasteiger partial charge in [0.15, 0.2) is 0 Å². The van der Waals surface area contributed by atoms with Gasteiger partial charge in [-0.3, -0.25) is 4.79 Å². The molecule has 7 heteroatoms. The zero-order chi connectivity index (χ0) is 22.1. The molecule has 6 nitrogen and oxygen atoms in total. The van der Waals surface area contributed by atoms with Gasteiger partial charge in [-0.2, -0.15) is 11.8 Å². The highest BCUT2D eigenvalue weighted by Crippen LogP contribution is 2.25. The van der Waals surface area contributed by atoms with E-state index in [1.807, 2.05) is 60.9 Å². The van der Waals surface area contributed by atoms with Crippen LogP contribution in [0, 0.1) is 0 Å². The molecule has 0 bridgehead atoms. The normalized spacial score (nSPS) is 11.8. The minimum absolute atomic E-state index is 0.373. The molecule has 0 fully saturated rings. The van der Waals surface area contributed by atoms with Gasteiger partial charge in [-0.1, -0.05) is 36.4 Å². The van der Waals surface area contributed by atoms with Crippen molar-refractivity contribution < 1.29 is 19.1 Å². The molecule has 2 aromatic carbocycles. The van der Waals surface area contributed by atoms with Gasteiger partial charge in [0.05, 0.1) is 12.8 Å². The molecule has 1 heterocycles. The number of carbonyl (C=O) groups is 2. The number of carboxylic acids is 1. The Morgan fingerprint density at radius 2 is 1.87 bits per heavy atom. The highest BCUT2D eigenvalue weighted by molar-refractivity contribution is 7.98.